The molecule has 0 aromatic carbocycles. The Morgan fingerprint density at radius 2 is 2.20 bits per heavy atom. The first kappa shape index (κ1) is 12.0. The Kier molecular flexibility index (Phi) is 4.09. The van der Waals surface area contributed by atoms with Gasteiger partial charge in [0.1, 0.15) is 5.82 Å². The van der Waals surface area contributed by atoms with Crippen LogP contribution in [-0.2, 0) is 11.8 Å². The molecule has 0 bridgehead atoms. The highest BCUT2D eigenvalue weighted by Crippen LogP contribution is 2.26. The molecule has 0 saturated heterocycles. The number of nitriles is 1. The number of hydrogen-bond donors (Lipinski definition) is 0. The number of aromatic nitrogens is 1. The maximum atomic E-state index is 13.2. The number of alkyl halides is 3. The summed E-state index contributed by atoms with van der Waals surface area (Å²) in [6.07, 6.45) is -3.28. The molecule has 6 heteroatoms. The van der Waals surface area contributed by atoms with Crippen molar-refractivity contribution in [3.63, 3.8) is 0 Å². The molecule has 0 aliphatic rings. The molecular formula is C9H6BrF3N2. The fourth-order valence-electron chi connectivity index (χ4n) is 1.14. The molecule has 0 aliphatic heterocycles. The van der Waals surface area contributed by atoms with Crippen LogP contribution in [0.25, 0.3) is 0 Å². The third kappa shape index (κ3) is 2.69. The topological polar surface area (TPSA) is 36.7 Å². The second-order valence-corrected chi connectivity index (χ2v) is 3.29. The number of halogens is 4. The number of pyridine rings is 1. The van der Waals surface area contributed by atoms with Gasteiger partial charge in [-0.25, -0.2) is 13.2 Å². The van der Waals surface area contributed by atoms with E-state index in [9.17, 15) is 13.2 Å². The van der Waals surface area contributed by atoms with E-state index < -0.39 is 17.8 Å². The smallest absolute Gasteiger partial charge is 0.255 e. The highest BCUT2D eigenvalue weighted by atomic mass is 79.9. The lowest BCUT2D eigenvalue weighted by molar-refractivity contribution is 0.144. The van der Waals surface area contributed by atoms with Crippen LogP contribution in [0, 0.1) is 17.1 Å². The molecule has 0 amide bonds. The normalized spacial score (nSPS) is 10.4. The maximum Gasteiger partial charge on any atom is 0.268 e. The highest BCUT2D eigenvalue weighted by molar-refractivity contribution is 9.08. The van der Waals surface area contributed by atoms with Crippen LogP contribution in [0.2, 0.25) is 0 Å². The van der Waals surface area contributed by atoms with Gasteiger partial charge in [-0.1, -0.05) is 15.9 Å². The number of rotatable bonds is 3. The quantitative estimate of drug-likeness (QED) is 0.797. The second-order valence-electron chi connectivity index (χ2n) is 2.73. The Bertz CT molecular complexity index is 401. The average Bonchev–Trinajstić information content (AvgIpc) is 2.16. The van der Waals surface area contributed by atoms with Crippen LogP contribution in [0.5, 0.6) is 0 Å². The largest absolute Gasteiger partial charge is 0.268 e. The molecule has 1 aromatic heterocycles. The summed E-state index contributed by atoms with van der Waals surface area (Å²) in [4.78, 5) is 3.77. The Morgan fingerprint density at radius 3 is 2.67 bits per heavy atom. The molecule has 0 aliphatic carbocycles. The van der Waals surface area contributed by atoms with Gasteiger partial charge in [-0.15, -0.1) is 0 Å². The Balaban J connectivity index is 3.30. The van der Waals surface area contributed by atoms with Crippen molar-refractivity contribution in [3.8, 4) is 6.07 Å². The maximum absolute atomic E-state index is 13.2. The first-order valence-corrected chi connectivity index (χ1v) is 5.11. The molecule has 80 valence electrons. The van der Waals surface area contributed by atoms with Gasteiger partial charge >= 0.3 is 0 Å². The van der Waals surface area contributed by atoms with Crippen molar-refractivity contribution < 1.29 is 13.2 Å². The predicted molar refractivity (Wildman–Crippen MR) is 51.1 cm³/mol. The molecule has 15 heavy (non-hydrogen) atoms. The van der Waals surface area contributed by atoms with Gasteiger partial charge in [0.2, 0.25) is 0 Å². The van der Waals surface area contributed by atoms with Crippen LogP contribution < -0.4 is 0 Å². The monoisotopic (exact) mass is 278 g/mol. The van der Waals surface area contributed by atoms with E-state index in [2.05, 4.69) is 20.9 Å². The summed E-state index contributed by atoms with van der Waals surface area (Å²) in [5.41, 5.74) is -0.676. The molecule has 1 rings (SSSR count). The van der Waals surface area contributed by atoms with Gasteiger partial charge < -0.3 is 0 Å². The van der Waals surface area contributed by atoms with E-state index >= 15 is 0 Å². The summed E-state index contributed by atoms with van der Waals surface area (Å²) in [5.74, 6) is -1.01. The van der Waals surface area contributed by atoms with E-state index in [0.717, 1.165) is 6.07 Å². The molecule has 0 saturated carbocycles. The fourth-order valence-corrected chi connectivity index (χ4v) is 1.42. The third-order valence-corrected chi connectivity index (χ3v) is 2.32. The lowest BCUT2D eigenvalue weighted by Crippen LogP contribution is -2.04. The lowest BCUT2D eigenvalue weighted by Gasteiger charge is -2.08. The van der Waals surface area contributed by atoms with E-state index in [1.807, 2.05) is 0 Å². The van der Waals surface area contributed by atoms with Crippen molar-refractivity contribution in [1.82, 2.24) is 4.98 Å². The average molecular weight is 279 g/mol. The molecule has 0 unspecified atom stereocenters. The summed E-state index contributed by atoms with van der Waals surface area (Å²) >= 11 is 3.04. The van der Waals surface area contributed by atoms with Gasteiger partial charge in [0.05, 0.1) is 29.4 Å². The van der Waals surface area contributed by atoms with Gasteiger partial charge in [0.25, 0.3) is 6.43 Å². The van der Waals surface area contributed by atoms with E-state index in [1.165, 1.54) is 0 Å². The van der Waals surface area contributed by atoms with Gasteiger partial charge in [-0.05, 0) is 6.07 Å². The van der Waals surface area contributed by atoms with E-state index in [-0.39, 0.29) is 17.4 Å². The number of hydrogen-bond acceptors (Lipinski definition) is 2. The van der Waals surface area contributed by atoms with Crippen molar-refractivity contribution in [3.05, 3.63) is 28.8 Å². The van der Waals surface area contributed by atoms with Crippen molar-refractivity contribution in [2.24, 2.45) is 0 Å². The van der Waals surface area contributed by atoms with Crippen molar-refractivity contribution in [2.75, 3.05) is 0 Å². The van der Waals surface area contributed by atoms with Gasteiger partial charge in [-0.3, -0.25) is 4.98 Å². The molecular weight excluding hydrogens is 273 g/mol. The Labute approximate surface area is 92.9 Å². The van der Waals surface area contributed by atoms with Crippen molar-refractivity contribution in [1.29, 1.82) is 5.26 Å². The lowest BCUT2D eigenvalue weighted by atomic mass is 10.1. The minimum atomic E-state index is -2.95. The standard InChI is InChI=1S/C9H6BrF3N2/c10-4-5-3-6(11)8(9(12)13)7(15-5)1-2-14/h3,9H,1,4H2. The zero-order valence-corrected chi connectivity index (χ0v) is 9.06. The molecule has 0 fully saturated rings. The summed E-state index contributed by atoms with van der Waals surface area (Å²) in [5, 5.41) is 8.67. The summed E-state index contributed by atoms with van der Waals surface area (Å²) in [6, 6.07) is 2.62. The Hall–Kier alpha value is -1.09. The first-order chi connectivity index (χ1) is 7.10. The van der Waals surface area contributed by atoms with Crippen LogP contribution in [-0.4, -0.2) is 4.98 Å². The SMILES string of the molecule is N#CCc1nc(CBr)cc(F)c1C(F)F. The molecule has 0 N–H and O–H groups in total. The van der Waals surface area contributed by atoms with Gasteiger partial charge in [0, 0.05) is 5.33 Å². The minimum absolute atomic E-state index is 0.193. The summed E-state index contributed by atoms with van der Waals surface area (Å²) < 4.78 is 38.1. The van der Waals surface area contributed by atoms with Crippen LogP contribution in [0.15, 0.2) is 6.07 Å². The van der Waals surface area contributed by atoms with Crippen LogP contribution in [0.1, 0.15) is 23.4 Å². The minimum Gasteiger partial charge on any atom is -0.255 e. The van der Waals surface area contributed by atoms with Crippen LogP contribution in [0.3, 0.4) is 0 Å². The van der Waals surface area contributed by atoms with Crippen molar-refractivity contribution in [2.45, 2.75) is 18.2 Å². The van der Waals surface area contributed by atoms with Crippen molar-refractivity contribution >= 4 is 15.9 Å². The predicted octanol–water partition coefficient (Wildman–Crippen LogP) is 3.12. The third-order valence-electron chi connectivity index (χ3n) is 1.74. The molecule has 1 heterocycles. The van der Waals surface area contributed by atoms with Crippen LogP contribution >= 0.6 is 15.9 Å². The zero-order chi connectivity index (χ0) is 11.4. The van der Waals surface area contributed by atoms with E-state index in [4.69, 9.17) is 5.26 Å². The summed E-state index contributed by atoms with van der Waals surface area (Å²) in [6.45, 7) is 0. The van der Waals surface area contributed by atoms with Gasteiger partial charge in [-0.2, -0.15) is 5.26 Å². The van der Waals surface area contributed by atoms with E-state index in [1.54, 1.807) is 6.07 Å². The molecule has 0 atom stereocenters. The first-order valence-electron chi connectivity index (χ1n) is 3.99. The van der Waals surface area contributed by atoms with E-state index in [0.29, 0.717) is 5.69 Å². The second kappa shape index (κ2) is 5.12. The fraction of sp³-hybridized carbons (Fsp3) is 0.333. The molecule has 0 radical (unpaired) electrons. The number of nitrogens with zero attached hydrogens (tertiary/aromatic N) is 2. The Morgan fingerprint density at radius 1 is 1.53 bits per heavy atom. The van der Waals surface area contributed by atoms with Gasteiger partial charge in [0.15, 0.2) is 0 Å². The zero-order valence-electron chi connectivity index (χ0n) is 7.48. The molecule has 1 aromatic rings. The molecule has 0 spiro atoms. The van der Waals surface area contributed by atoms with Crippen LogP contribution in [0.4, 0.5) is 13.2 Å². The summed E-state index contributed by atoms with van der Waals surface area (Å²) in [7, 11) is 0. The highest BCUT2D eigenvalue weighted by Gasteiger charge is 2.20. The molecule has 2 nitrogen and oxygen atoms in total.